The van der Waals surface area contributed by atoms with E-state index in [0.717, 1.165) is 25.9 Å². The fourth-order valence-electron chi connectivity index (χ4n) is 3.41. The fourth-order valence-corrected chi connectivity index (χ4v) is 3.94. The Kier molecular flexibility index (Phi) is 5.64. The molecule has 0 radical (unpaired) electrons. The number of benzene rings is 1. The van der Waals surface area contributed by atoms with Crippen LogP contribution in [0, 0.1) is 0 Å². The number of carbonyl (C=O) groups is 2. The van der Waals surface area contributed by atoms with Crippen molar-refractivity contribution >= 4 is 35.0 Å². The number of nitrogens with one attached hydrogen (secondary N) is 1. The SMILES string of the molecule is O=C(Cc1c(Cl)cccc1Cl)N1CCCC(N2CCNCC2=O)C1. The number of piperazine rings is 1. The smallest absolute Gasteiger partial charge is 0.236 e. The van der Waals surface area contributed by atoms with Gasteiger partial charge in [-0.1, -0.05) is 29.3 Å². The van der Waals surface area contributed by atoms with Crippen molar-refractivity contribution < 1.29 is 9.59 Å². The van der Waals surface area contributed by atoms with E-state index in [0.29, 0.717) is 35.2 Å². The second-order valence-corrected chi connectivity index (χ2v) is 7.09. The molecule has 1 N–H and O–H groups in total. The summed E-state index contributed by atoms with van der Waals surface area (Å²) in [4.78, 5) is 28.5. The van der Waals surface area contributed by atoms with Gasteiger partial charge in [0.1, 0.15) is 0 Å². The van der Waals surface area contributed by atoms with Gasteiger partial charge in [-0.05, 0) is 30.5 Å². The number of rotatable bonds is 3. The predicted octanol–water partition coefficient (Wildman–Crippen LogP) is 1.96. The molecule has 0 spiro atoms. The first-order chi connectivity index (χ1) is 11.6. The number of halogens is 2. The lowest BCUT2D eigenvalue weighted by Crippen LogP contribution is -2.57. The molecule has 0 aromatic heterocycles. The standard InChI is InChI=1S/C17H21Cl2N3O2/c18-14-4-1-5-15(19)13(14)9-16(23)21-7-2-3-12(11-21)22-8-6-20-10-17(22)24/h1,4-5,12,20H,2-3,6-11H2. The molecular formula is C17H21Cl2N3O2. The molecule has 0 aliphatic carbocycles. The fraction of sp³-hybridized carbons (Fsp3) is 0.529. The summed E-state index contributed by atoms with van der Waals surface area (Å²) in [6.07, 6.45) is 2.05. The van der Waals surface area contributed by atoms with E-state index in [9.17, 15) is 9.59 Å². The maximum Gasteiger partial charge on any atom is 0.236 e. The molecule has 2 heterocycles. The van der Waals surface area contributed by atoms with E-state index in [2.05, 4.69) is 5.32 Å². The van der Waals surface area contributed by atoms with Crippen molar-refractivity contribution in [3.8, 4) is 0 Å². The van der Waals surface area contributed by atoms with Crippen LogP contribution in [-0.4, -0.2) is 60.4 Å². The summed E-state index contributed by atoms with van der Waals surface area (Å²) in [5, 5.41) is 4.11. The van der Waals surface area contributed by atoms with Crippen molar-refractivity contribution in [1.29, 1.82) is 0 Å². The van der Waals surface area contributed by atoms with Gasteiger partial charge in [0.15, 0.2) is 0 Å². The Labute approximate surface area is 151 Å². The van der Waals surface area contributed by atoms with Gasteiger partial charge in [-0.2, -0.15) is 0 Å². The summed E-state index contributed by atoms with van der Waals surface area (Å²) >= 11 is 12.3. The zero-order chi connectivity index (χ0) is 17.1. The van der Waals surface area contributed by atoms with E-state index < -0.39 is 0 Å². The van der Waals surface area contributed by atoms with E-state index in [1.165, 1.54) is 0 Å². The van der Waals surface area contributed by atoms with Crippen LogP contribution in [0.1, 0.15) is 18.4 Å². The minimum atomic E-state index is 0.0114. The van der Waals surface area contributed by atoms with Gasteiger partial charge in [-0.25, -0.2) is 0 Å². The predicted molar refractivity (Wildman–Crippen MR) is 94.4 cm³/mol. The third kappa shape index (κ3) is 3.85. The van der Waals surface area contributed by atoms with E-state index in [4.69, 9.17) is 23.2 Å². The van der Waals surface area contributed by atoms with Gasteiger partial charge in [-0.15, -0.1) is 0 Å². The Hall–Kier alpha value is -1.30. The number of amides is 2. The zero-order valence-electron chi connectivity index (χ0n) is 13.4. The van der Waals surface area contributed by atoms with Crippen LogP contribution < -0.4 is 5.32 Å². The number of carbonyl (C=O) groups excluding carboxylic acids is 2. The molecule has 7 heteroatoms. The van der Waals surface area contributed by atoms with Crippen molar-refractivity contribution in [2.45, 2.75) is 25.3 Å². The molecule has 1 aromatic rings. The molecule has 2 amide bonds. The lowest BCUT2D eigenvalue weighted by molar-refractivity contribution is -0.140. The highest BCUT2D eigenvalue weighted by molar-refractivity contribution is 6.36. The first-order valence-corrected chi connectivity index (χ1v) is 9.02. The van der Waals surface area contributed by atoms with Crippen LogP contribution in [-0.2, 0) is 16.0 Å². The van der Waals surface area contributed by atoms with Gasteiger partial charge in [0.05, 0.1) is 13.0 Å². The summed E-state index contributed by atoms with van der Waals surface area (Å²) in [5.74, 6) is 0.131. The van der Waals surface area contributed by atoms with Gasteiger partial charge in [0, 0.05) is 42.3 Å². The van der Waals surface area contributed by atoms with Crippen molar-refractivity contribution in [2.24, 2.45) is 0 Å². The van der Waals surface area contributed by atoms with Crippen LogP contribution in [0.5, 0.6) is 0 Å². The quantitative estimate of drug-likeness (QED) is 0.885. The van der Waals surface area contributed by atoms with Crippen molar-refractivity contribution in [1.82, 2.24) is 15.1 Å². The van der Waals surface area contributed by atoms with Gasteiger partial charge in [0.25, 0.3) is 0 Å². The van der Waals surface area contributed by atoms with Crippen LogP contribution in [0.3, 0.4) is 0 Å². The van der Waals surface area contributed by atoms with Crippen LogP contribution in [0.15, 0.2) is 18.2 Å². The Balaban J connectivity index is 1.66. The lowest BCUT2D eigenvalue weighted by Gasteiger charge is -2.41. The molecule has 5 nitrogen and oxygen atoms in total. The Morgan fingerprint density at radius 2 is 2.00 bits per heavy atom. The van der Waals surface area contributed by atoms with Gasteiger partial charge in [0.2, 0.25) is 11.8 Å². The summed E-state index contributed by atoms with van der Waals surface area (Å²) in [6.45, 7) is 3.22. The van der Waals surface area contributed by atoms with E-state index in [1.807, 2.05) is 9.80 Å². The average Bonchev–Trinajstić information content (AvgIpc) is 2.59. The third-order valence-corrected chi connectivity index (χ3v) is 5.41. The highest BCUT2D eigenvalue weighted by Crippen LogP contribution is 2.26. The first kappa shape index (κ1) is 17.5. The Morgan fingerprint density at radius 1 is 1.25 bits per heavy atom. The van der Waals surface area contributed by atoms with Gasteiger partial charge in [-0.3, -0.25) is 9.59 Å². The number of nitrogens with zero attached hydrogens (tertiary/aromatic N) is 2. The van der Waals surface area contributed by atoms with Crippen molar-refractivity contribution in [3.63, 3.8) is 0 Å². The maximum absolute atomic E-state index is 12.7. The second kappa shape index (κ2) is 7.72. The third-order valence-electron chi connectivity index (χ3n) is 4.71. The second-order valence-electron chi connectivity index (χ2n) is 6.28. The van der Waals surface area contributed by atoms with E-state index in [-0.39, 0.29) is 24.3 Å². The normalized spacial score (nSPS) is 21.9. The molecule has 3 rings (SSSR count). The number of likely N-dealkylation sites (tertiary alicyclic amines) is 1. The lowest BCUT2D eigenvalue weighted by atomic mass is 10.0. The van der Waals surface area contributed by atoms with Crippen LogP contribution in [0.4, 0.5) is 0 Å². The highest BCUT2D eigenvalue weighted by Gasteiger charge is 2.31. The van der Waals surface area contributed by atoms with Crippen LogP contribution in [0.2, 0.25) is 10.0 Å². The average molecular weight is 370 g/mol. The molecule has 1 unspecified atom stereocenters. The van der Waals surface area contributed by atoms with Crippen LogP contribution in [0.25, 0.3) is 0 Å². The molecule has 0 bridgehead atoms. The number of hydrogen-bond donors (Lipinski definition) is 1. The Bertz CT molecular complexity index is 618. The van der Waals surface area contributed by atoms with Gasteiger partial charge < -0.3 is 15.1 Å². The summed E-state index contributed by atoms with van der Waals surface area (Å²) in [6, 6.07) is 5.37. The molecule has 1 atom stereocenters. The topological polar surface area (TPSA) is 52.7 Å². The molecule has 2 saturated heterocycles. The number of hydrogen-bond acceptors (Lipinski definition) is 3. The first-order valence-electron chi connectivity index (χ1n) is 8.27. The molecule has 0 saturated carbocycles. The summed E-state index contributed by atoms with van der Waals surface area (Å²) < 4.78 is 0. The molecule has 24 heavy (non-hydrogen) atoms. The largest absolute Gasteiger partial charge is 0.340 e. The molecule has 2 fully saturated rings. The Morgan fingerprint density at radius 3 is 2.71 bits per heavy atom. The minimum absolute atomic E-state index is 0.0114. The molecule has 130 valence electrons. The monoisotopic (exact) mass is 369 g/mol. The number of piperidine rings is 1. The minimum Gasteiger partial charge on any atom is -0.340 e. The molecular weight excluding hydrogens is 349 g/mol. The zero-order valence-corrected chi connectivity index (χ0v) is 14.9. The van der Waals surface area contributed by atoms with E-state index in [1.54, 1.807) is 18.2 Å². The van der Waals surface area contributed by atoms with Crippen LogP contribution >= 0.6 is 23.2 Å². The van der Waals surface area contributed by atoms with Crippen molar-refractivity contribution in [3.05, 3.63) is 33.8 Å². The van der Waals surface area contributed by atoms with E-state index >= 15 is 0 Å². The molecule has 2 aliphatic rings. The van der Waals surface area contributed by atoms with Crippen molar-refractivity contribution in [2.75, 3.05) is 32.7 Å². The summed E-state index contributed by atoms with van der Waals surface area (Å²) in [5.41, 5.74) is 0.672. The highest BCUT2D eigenvalue weighted by atomic mass is 35.5. The van der Waals surface area contributed by atoms with Gasteiger partial charge >= 0.3 is 0 Å². The summed E-state index contributed by atoms with van der Waals surface area (Å²) in [7, 11) is 0. The molecule has 1 aromatic carbocycles. The maximum atomic E-state index is 12.7. The molecule has 2 aliphatic heterocycles.